The average molecular weight is 307 g/mol. The molecule has 0 saturated carbocycles. The summed E-state index contributed by atoms with van der Waals surface area (Å²) in [4.78, 5) is 8.40. The predicted molar refractivity (Wildman–Crippen MR) is 74.8 cm³/mol. The van der Waals surface area contributed by atoms with Gasteiger partial charge in [0.1, 0.15) is 23.5 Å². The highest BCUT2D eigenvalue weighted by molar-refractivity contribution is 8.93. The molecule has 3 N–H and O–H groups in total. The Labute approximate surface area is 114 Å². The van der Waals surface area contributed by atoms with E-state index in [4.69, 9.17) is 5.73 Å². The second-order valence-electron chi connectivity index (χ2n) is 3.76. The van der Waals surface area contributed by atoms with E-state index >= 15 is 0 Å². The monoisotopic (exact) mass is 306 g/mol. The van der Waals surface area contributed by atoms with Gasteiger partial charge in [-0.3, -0.25) is 4.40 Å². The number of halogens is 1. The molecule has 92 valence electrons. The van der Waals surface area contributed by atoms with E-state index in [9.17, 15) is 5.11 Å². The normalized spacial score (nSPS) is 10.2. The third-order valence-corrected chi connectivity index (χ3v) is 2.51. The van der Waals surface area contributed by atoms with Crippen molar-refractivity contribution in [2.45, 2.75) is 0 Å². The van der Waals surface area contributed by atoms with Crippen LogP contribution in [0.15, 0.2) is 42.9 Å². The van der Waals surface area contributed by atoms with Crippen LogP contribution < -0.4 is 5.73 Å². The van der Waals surface area contributed by atoms with Crippen molar-refractivity contribution in [3.05, 3.63) is 42.9 Å². The van der Waals surface area contributed by atoms with Gasteiger partial charge in [0.2, 0.25) is 0 Å². The fourth-order valence-electron chi connectivity index (χ4n) is 1.71. The Morgan fingerprint density at radius 2 is 2.06 bits per heavy atom. The Bertz CT molecular complexity index is 695. The molecule has 1 aromatic carbocycles. The van der Waals surface area contributed by atoms with Crippen LogP contribution in [-0.4, -0.2) is 19.5 Å². The second kappa shape index (κ2) is 4.66. The zero-order valence-corrected chi connectivity index (χ0v) is 11.0. The van der Waals surface area contributed by atoms with E-state index in [1.54, 1.807) is 35.0 Å². The van der Waals surface area contributed by atoms with Gasteiger partial charge in [0.15, 0.2) is 0 Å². The molecule has 3 rings (SSSR count). The molecule has 0 saturated heterocycles. The van der Waals surface area contributed by atoms with Gasteiger partial charge in [0.25, 0.3) is 0 Å². The summed E-state index contributed by atoms with van der Waals surface area (Å²) in [5, 5.41) is 9.43. The fourth-order valence-corrected chi connectivity index (χ4v) is 1.71. The van der Waals surface area contributed by atoms with Crippen molar-refractivity contribution >= 4 is 28.4 Å². The molecule has 0 bridgehead atoms. The molecule has 2 heterocycles. The minimum Gasteiger partial charge on any atom is -0.508 e. The second-order valence-corrected chi connectivity index (χ2v) is 3.76. The lowest BCUT2D eigenvalue weighted by atomic mass is 10.2. The third-order valence-electron chi connectivity index (χ3n) is 2.51. The Morgan fingerprint density at radius 1 is 1.22 bits per heavy atom. The molecule has 0 radical (unpaired) electrons. The van der Waals surface area contributed by atoms with Crippen LogP contribution in [-0.2, 0) is 0 Å². The average Bonchev–Trinajstić information content (AvgIpc) is 2.72. The molecule has 5 nitrogen and oxygen atoms in total. The number of hydrogen-bond acceptors (Lipinski definition) is 4. The number of nitrogens with zero attached hydrogens (tertiary/aromatic N) is 3. The van der Waals surface area contributed by atoms with Crippen molar-refractivity contribution in [2.75, 3.05) is 5.73 Å². The number of nitrogen functional groups attached to an aromatic ring is 1. The lowest BCUT2D eigenvalue weighted by Crippen LogP contribution is -1.92. The van der Waals surface area contributed by atoms with Crippen LogP contribution >= 0.6 is 17.0 Å². The highest BCUT2D eigenvalue weighted by Crippen LogP contribution is 2.22. The van der Waals surface area contributed by atoms with E-state index < -0.39 is 0 Å². The van der Waals surface area contributed by atoms with Gasteiger partial charge >= 0.3 is 0 Å². The van der Waals surface area contributed by atoms with Crippen molar-refractivity contribution in [3.8, 4) is 17.0 Å². The number of aromatic nitrogens is 3. The summed E-state index contributed by atoms with van der Waals surface area (Å²) in [5.74, 6) is 0.655. The molecule has 0 aliphatic carbocycles. The van der Waals surface area contributed by atoms with E-state index in [2.05, 4.69) is 9.97 Å². The van der Waals surface area contributed by atoms with E-state index in [1.165, 1.54) is 0 Å². The Hall–Kier alpha value is -2.08. The van der Waals surface area contributed by atoms with E-state index in [1.807, 2.05) is 12.3 Å². The first-order valence-electron chi connectivity index (χ1n) is 5.12. The largest absolute Gasteiger partial charge is 0.508 e. The minimum atomic E-state index is 0. The van der Waals surface area contributed by atoms with Crippen molar-refractivity contribution in [1.29, 1.82) is 0 Å². The first-order valence-corrected chi connectivity index (χ1v) is 5.12. The first-order chi connectivity index (χ1) is 8.22. The standard InChI is InChI=1S/C12H10N4O.BrH/c13-11-5-12-15-10(6-16(12)7-14-11)8-2-1-3-9(17)4-8;/h1-7,17H,13H2;1H. The van der Waals surface area contributed by atoms with Crippen molar-refractivity contribution in [1.82, 2.24) is 14.4 Å². The van der Waals surface area contributed by atoms with Crippen molar-refractivity contribution in [3.63, 3.8) is 0 Å². The Morgan fingerprint density at radius 3 is 2.83 bits per heavy atom. The fraction of sp³-hybridized carbons (Fsp3) is 0. The van der Waals surface area contributed by atoms with Gasteiger partial charge in [0.05, 0.1) is 5.69 Å². The maximum absolute atomic E-state index is 9.43. The maximum atomic E-state index is 9.43. The molecular formula is C12H11BrN4O. The van der Waals surface area contributed by atoms with Gasteiger partial charge in [-0.05, 0) is 12.1 Å². The topological polar surface area (TPSA) is 76.4 Å². The Balaban J connectivity index is 0.00000120. The summed E-state index contributed by atoms with van der Waals surface area (Å²) < 4.78 is 1.79. The summed E-state index contributed by atoms with van der Waals surface area (Å²) in [6.07, 6.45) is 3.46. The van der Waals surface area contributed by atoms with Gasteiger partial charge in [-0.25, -0.2) is 9.97 Å². The quantitative estimate of drug-likeness (QED) is 0.723. The molecule has 0 unspecified atom stereocenters. The summed E-state index contributed by atoms with van der Waals surface area (Å²) >= 11 is 0. The van der Waals surface area contributed by atoms with Crippen LogP contribution in [0.5, 0.6) is 5.75 Å². The molecule has 6 heteroatoms. The molecule has 0 atom stereocenters. The van der Waals surface area contributed by atoms with E-state index in [0.29, 0.717) is 5.82 Å². The molecule has 0 fully saturated rings. The number of phenols is 1. The lowest BCUT2D eigenvalue weighted by molar-refractivity contribution is 0.475. The minimum absolute atomic E-state index is 0. The van der Waals surface area contributed by atoms with E-state index in [-0.39, 0.29) is 22.7 Å². The molecular weight excluding hydrogens is 296 g/mol. The van der Waals surface area contributed by atoms with Crippen LogP contribution in [0, 0.1) is 0 Å². The molecule has 0 aliphatic heterocycles. The van der Waals surface area contributed by atoms with Gasteiger partial charge in [-0.15, -0.1) is 17.0 Å². The predicted octanol–water partition coefficient (Wildman–Crippen LogP) is 2.26. The highest BCUT2D eigenvalue weighted by atomic mass is 79.9. The van der Waals surface area contributed by atoms with Gasteiger partial charge in [-0.2, -0.15) is 0 Å². The molecule has 0 spiro atoms. The zero-order chi connectivity index (χ0) is 11.8. The SMILES string of the molecule is Br.Nc1cc2nc(-c3cccc(O)c3)cn2cn1. The molecule has 2 aromatic heterocycles. The van der Waals surface area contributed by atoms with Crippen LogP contribution in [0.3, 0.4) is 0 Å². The smallest absolute Gasteiger partial charge is 0.142 e. The number of anilines is 1. The molecule has 0 aliphatic rings. The summed E-state index contributed by atoms with van der Waals surface area (Å²) in [7, 11) is 0. The maximum Gasteiger partial charge on any atom is 0.142 e. The first kappa shape index (κ1) is 12.4. The number of aromatic hydroxyl groups is 1. The zero-order valence-electron chi connectivity index (χ0n) is 9.32. The number of imidazole rings is 1. The van der Waals surface area contributed by atoms with Crippen LogP contribution in [0.25, 0.3) is 16.9 Å². The molecule has 0 amide bonds. The highest BCUT2D eigenvalue weighted by Gasteiger charge is 2.05. The summed E-state index contributed by atoms with van der Waals surface area (Å²) in [6, 6.07) is 8.66. The van der Waals surface area contributed by atoms with Crippen molar-refractivity contribution in [2.24, 2.45) is 0 Å². The van der Waals surface area contributed by atoms with Crippen LogP contribution in [0.2, 0.25) is 0 Å². The molecule has 3 aromatic rings. The molecule has 18 heavy (non-hydrogen) atoms. The Kier molecular flexibility index (Phi) is 3.20. The van der Waals surface area contributed by atoms with Crippen LogP contribution in [0.4, 0.5) is 5.82 Å². The van der Waals surface area contributed by atoms with E-state index in [0.717, 1.165) is 16.9 Å². The summed E-state index contributed by atoms with van der Waals surface area (Å²) in [6.45, 7) is 0. The van der Waals surface area contributed by atoms with Gasteiger partial charge in [0, 0.05) is 17.8 Å². The number of phenolic OH excluding ortho intramolecular Hbond substituents is 1. The number of nitrogens with two attached hydrogens (primary N) is 1. The number of benzene rings is 1. The summed E-state index contributed by atoms with van der Waals surface area (Å²) in [5.41, 5.74) is 7.95. The third kappa shape index (κ3) is 2.14. The number of rotatable bonds is 1. The van der Waals surface area contributed by atoms with Gasteiger partial charge < -0.3 is 10.8 Å². The van der Waals surface area contributed by atoms with Crippen molar-refractivity contribution < 1.29 is 5.11 Å². The lowest BCUT2D eigenvalue weighted by Gasteiger charge is -1.96. The number of hydrogen-bond donors (Lipinski definition) is 2. The number of fused-ring (bicyclic) bond motifs is 1. The van der Waals surface area contributed by atoms with Crippen LogP contribution in [0.1, 0.15) is 0 Å². The van der Waals surface area contributed by atoms with Gasteiger partial charge in [-0.1, -0.05) is 12.1 Å².